The number of benzene rings is 4. The molecule has 0 saturated carbocycles. The van der Waals surface area contributed by atoms with E-state index >= 15 is 0 Å². The summed E-state index contributed by atoms with van der Waals surface area (Å²) >= 11 is 0. The van der Waals surface area contributed by atoms with Gasteiger partial charge in [-0.3, -0.25) is 0 Å². The quantitative estimate of drug-likeness (QED) is 0.400. The zero-order valence-corrected chi connectivity index (χ0v) is 17.4. The molecule has 0 aromatic heterocycles. The molecule has 1 aliphatic rings. The van der Waals surface area contributed by atoms with Gasteiger partial charge in [0.05, 0.1) is 11.2 Å². The van der Waals surface area contributed by atoms with E-state index in [1.807, 2.05) is 0 Å². The summed E-state index contributed by atoms with van der Waals surface area (Å²) in [7, 11) is -0.329. The van der Waals surface area contributed by atoms with Crippen molar-refractivity contribution in [3.63, 3.8) is 0 Å². The first-order chi connectivity index (χ1) is 13.8. The Morgan fingerprint density at radius 2 is 1.03 bits per heavy atom. The Morgan fingerprint density at radius 3 is 1.69 bits per heavy atom. The zero-order valence-electron chi connectivity index (χ0n) is 17.4. The van der Waals surface area contributed by atoms with Gasteiger partial charge in [-0.1, -0.05) is 66.7 Å². The van der Waals surface area contributed by atoms with Crippen molar-refractivity contribution in [3.8, 4) is 11.1 Å². The summed E-state index contributed by atoms with van der Waals surface area (Å²) in [4.78, 5) is 0. The average molecular weight is 380 g/mol. The third-order valence-corrected chi connectivity index (χ3v) is 6.47. The first-order valence-electron chi connectivity index (χ1n) is 10.2. The Bertz CT molecular complexity index is 1210. The van der Waals surface area contributed by atoms with Crippen molar-refractivity contribution >= 4 is 34.1 Å². The first-order valence-corrected chi connectivity index (χ1v) is 10.2. The van der Waals surface area contributed by atoms with Gasteiger partial charge in [0.1, 0.15) is 0 Å². The molecule has 0 bridgehead atoms. The summed E-state index contributed by atoms with van der Waals surface area (Å²) in [5, 5.41) is 4.95. The van der Waals surface area contributed by atoms with Crippen LogP contribution in [0.25, 0.3) is 32.7 Å². The highest BCUT2D eigenvalue weighted by Gasteiger charge is 2.51. The average Bonchev–Trinajstić information content (AvgIpc) is 2.94. The van der Waals surface area contributed by atoms with Gasteiger partial charge >= 0.3 is 7.12 Å². The normalized spacial score (nSPS) is 17.9. The molecule has 2 nitrogen and oxygen atoms in total. The fraction of sp³-hybridized carbons (Fsp3) is 0.231. The molecule has 0 unspecified atom stereocenters. The number of rotatable bonds is 2. The van der Waals surface area contributed by atoms with Crippen molar-refractivity contribution in [2.24, 2.45) is 0 Å². The van der Waals surface area contributed by atoms with Crippen LogP contribution in [-0.4, -0.2) is 18.3 Å². The van der Waals surface area contributed by atoms with Gasteiger partial charge in [0, 0.05) is 0 Å². The molecule has 0 N–H and O–H groups in total. The van der Waals surface area contributed by atoms with Crippen LogP contribution in [0.3, 0.4) is 0 Å². The SMILES string of the molecule is CC1(C)OB(c2ccc3cc(-c4ccc5ccccc5c4)ccc3c2)OC1(C)C. The lowest BCUT2D eigenvalue weighted by Crippen LogP contribution is -2.41. The topological polar surface area (TPSA) is 18.5 Å². The Labute approximate surface area is 172 Å². The summed E-state index contributed by atoms with van der Waals surface area (Å²) < 4.78 is 12.4. The number of hydrogen-bond acceptors (Lipinski definition) is 2. The van der Waals surface area contributed by atoms with Crippen LogP contribution in [0.15, 0.2) is 78.9 Å². The molecule has 0 amide bonds. The fourth-order valence-corrected chi connectivity index (χ4v) is 3.94. The molecule has 1 heterocycles. The van der Waals surface area contributed by atoms with Crippen molar-refractivity contribution in [2.75, 3.05) is 0 Å². The molecule has 0 radical (unpaired) electrons. The van der Waals surface area contributed by atoms with E-state index in [0.717, 1.165) is 5.46 Å². The largest absolute Gasteiger partial charge is 0.494 e. The van der Waals surface area contributed by atoms with Gasteiger partial charge in [-0.25, -0.2) is 0 Å². The highest BCUT2D eigenvalue weighted by molar-refractivity contribution is 6.62. The highest BCUT2D eigenvalue weighted by Crippen LogP contribution is 2.36. The predicted octanol–water partition coefficient (Wildman–Crippen LogP) is 5.96. The molecule has 0 atom stereocenters. The molecule has 1 saturated heterocycles. The third kappa shape index (κ3) is 3.15. The second kappa shape index (κ2) is 6.45. The minimum atomic E-state index is -0.329. The minimum absolute atomic E-state index is 0.327. The Morgan fingerprint density at radius 1 is 0.552 bits per heavy atom. The molecule has 29 heavy (non-hydrogen) atoms. The lowest BCUT2D eigenvalue weighted by Gasteiger charge is -2.32. The molecule has 3 heteroatoms. The van der Waals surface area contributed by atoms with Crippen LogP contribution in [0.4, 0.5) is 0 Å². The standard InChI is InChI=1S/C26H25BO2/c1-25(2)26(3,4)29-27(28-25)24-14-13-22-16-21(11-12-23(22)17-24)20-10-9-18-7-5-6-8-19(18)15-20/h5-17H,1-4H3. The minimum Gasteiger partial charge on any atom is -0.399 e. The first kappa shape index (κ1) is 18.4. The van der Waals surface area contributed by atoms with Crippen LogP contribution >= 0.6 is 0 Å². The Hall–Kier alpha value is -2.62. The van der Waals surface area contributed by atoms with Crippen molar-refractivity contribution in [2.45, 2.75) is 38.9 Å². The maximum atomic E-state index is 6.21. The molecule has 144 valence electrons. The highest BCUT2D eigenvalue weighted by atomic mass is 16.7. The molecule has 1 aliphatic heterocycles. The van der Waals surface area contributed by atoms with Gasteiger partial charge in [0.2, 0.25) is 0 Å². The van der Waals surface area contributed by atoms with Crippen LogP contribution in [0.1, 0.15) is 27.7 Å². The van der Waals surface area contributed by atoms with Gasteiger partial charge in [-0.2, -0.15) is 0 Å². The number of fused-ring (bicyclic) bond motifs is 2. The van der Waals surface area contributed by atoms with E-state index in [1.54, 1.807) is 0 Å². The molecule has 0 aliphatic carbocycles. The lowest BCUT2D eigenvalue weighted by atomic mass is 9.78. The Balaban J connectivity index is 1.50. The van der Waals surface area contributed by atoms with E-state index in [9.17, 15) is 0 Å². The smallest absolute Gasteiger partial charge is 0.399 e. The molecule has 0 spiro atoms. The van der Waals surface area contributed by atoms with Crippen molar-refractivity contribution in [1.29, 1.82) is 0 Å². The molecule has 5 rings (SSSR count). The van der Waals surface area contributed by atoms with E-state index in [2.05, 4.69) is 107 Å². The molecule has 1 fully saturated rings. The molecule has 4 aromatic rings. The van der Waals surface area contributed by atoms with Crippen LogP contribution in [0.5, 0.6) is 0 Å². The van der Waals surface area contributed by atoms with Crippen molar-refractivity contribution < 1.29 is 9.31 Å². The van der Waals surface area contributed by atoms with Crippen molar-refractivity contribution in [1.82, 2.24) is 0 Å². The molecular formula is C26H25BO2. The van der Waals surface area contributed by atoms with E-state index in [1.165, 1.54) is 32.7 Å². The van der Waals surface area contributed by atoms with Crippen LogP contribution in [0, 0.1) is 0 Å². The summed E-state index contributed by atoms with van der Waals surface area (Å²) in [5.74, 6) is 0. The second-order valence-corrected chi connectivity index (χ2v) is 8.97. The van der Waals surface area contributed by atoms with Gasteiger partial charge in [0.15, 0.2) is 0 Å². The van der Waals surface area contributed by atoms with Gasteiger partial charge < -0.3 is 9.31 Å². The third-order valence-electron chi connectivity index (χ3n) is 6.47. The van der Waals surface area contributed by atoms with E-state index in [-0.39, 0.29) is 18.3 Å². The molecular weight excluding hydrogens is 355 g/mol. The summed E-state index contributed by atoms with van der Waals surface area (Å²) in [5.41, 5.74) is 2.88. The molecule has 4 aromatic carbocycles. The van der Waals surface area contributed by atoms with E-state index in [4.69, 9.17) is 9.31 Å². The van der Waals surface area contributed by atoms with Gasteiger partial charge in [-0.05, 0) is 78.0 Å². The summed E-state index contributed by atoms with van der Waals surface area (Å²) in [6.07, 6.45) is 0. The van der Waals surface area contributed by atoms with Gasteiger partial charge in [-0.15, -0.1) is 0 Å². The number of hydrogen-bond donors (Lipinski definition) is 0. The van der Waals surface area contributed by atoms with E-state index in [0.29, 0.717) is 0 Å². The fourth-order valence-electron chi connectivity index (χ4n) is 3.94. The van der Waals surface area contributed by atoms with Crippen LogP contribution in [0.2, 0.25) is 0 Å². The monoisotopic (exact) mass is 380 g/mol. The Kier molecular flexibility index (Phi) is 4.09. The zero-order chi connectivity index (χ0) is 20.2. The van der Waals surface area contributed by atoms with Crippen molar-refractivity contribution in [3.05, 3.63) is 78.9 Å². The maximum absolute atomic E-state index is 6.21. The van der Waals surface area contributed by atoms with Crippen LogP contribution in [-0.2, 0) is 9.31 Å². The maximum Gasteiger partial charge on any atom is 0.494 e. The second-order valence-electron chi connectivity index (χ2n) is 8.97. The lowest BCUT2D eigenvalue weighted by molar-refractivity contribution is 0.00578. The van der Waals surface area contributed by atoms with Crippen LogP contribution < -0.4 is 5.46 Å². The summed E-state index contributed by atoms with van der Waals surface area (Å²) in [6, 6.07) is 28.2. The summed E-state index contributed by atoms with van der Waals surface area (Å²) in [6.45, 7) is 8.35. The van der Waals surface area contributed by atoms with E-state index < -0.39 is 0 Å². The predicted molar refractivity (Wildman–Crippen MR) is 123 cm³/mol. The van der Waals surface area contributed by atoms with Gasteiger partial charge in [0.25, 0.3) is 0 Å².